The Balaban J connectivity index is 2.47. The molecule has 0 spiro atoms. The van der Waals surface area contributed by atoms with Crippen molar-refractivity contribution in [1.29, 1.82) is 0 Å². The first-order valence-corrected chi connectivity index (χ1v) is 4.81. The van der Waals surface area contributed by atoms with Crippen LogP contribution in [0.4, 0.5) is 0 Å². The van der Waals surface area contributed by atoms with E-state index >= 15 is 0 Å². The predicted octanol–water partition coefficient (Wildman–Crippen LogP) is 1.18. The maximum absolute atomic E-state index is 12.0. The lowest BCUT2D eigenvalue weighted by molar-refractivity contribution is 0.794. The molecule has 0 unspecified atom stereocenters. The molecule has 4 heteroatoms. The minimum atomic E-state index is -0.0764. The molecule has 15 heavy (non-hydrogen) atoms. The summed E-state index contributed by atoms with van der Waals surface area (Å²) in [5.41, 5.74) is 1.60. The standard InChI is InChI=1S/C11H9N3O/c1-7-6-10-12-9-5-3-2-4-8(9)11(15)14(10)13-7/h2-5H,6H2,1H3. The van der Waals surface area contributed by atoms with Crippen LogP contribution >= 0.6 is 0 Å². The van der Waals surface area contributed by atoms with Crippen molar-refractivity contribution in [2.45, 2.75) is 13.3 Å². The molecular weight excluding hydrogens is 190 g/mol. The third kappa shape index (κ3) is 1.11. The Morgan fingerprint density at radius 2 is 2.13 bits per heavy atom. The number of nitrogens with zero attached hydrogens (tertiary/aromatic N) is 3. The van der Waals surface area contributed by atoms with Gasteiger partial charge in [-0.3, -0.25) is 4.79 Å². The zero-order chi connectivity index (χ0) is 10.4. The Kier molecular flexibility index (Phi) is 1.54. The molecule has 0 radical (unpaired) electrons. The van der Waals surface area contributed by atoms with Gasteiger partial charge in [0.2, 0.25) is 0 Å². The van der Waals surface area contributed by atoms with Crippen molar-refractivity contribution in [2.24, 2.45) is 5.10 Å². The first kappa shape index (κ1) is 8.35. The molecule has 3 rings (SSSR count). The molecule has 0 bridgehead atoms. The average molecular weight is 199 g/mol. The number of hydrogen-bond donors (Lipinski definition) is 0. The Morgan fingerprint density at radius 1 is 1.33 bits per heavy atom. The fourth-order valence-electron chi connectivity index (χ4n) is 1.82. The second-order valence-corrected chi connectivity index (χ2v) is 3.67. The molecule has 1 aliphatic rings. The van der Waals surface area contributed by atoms with Crippen molar-refractivity contribution in [3.05, 3.63) is 40.4 Å². The van der Waals surface area contributed by atoms with Crippen LogP contribution in [0.1, 0.15) is 12.7 Å². The molecule has 0 N–H and O–H groups in total. The van der Waals surface area contributed by atoms with Crippen LogP contribution in [-0.2, 0) is 6.42 Å². The van der Waals surface area contributed by atoms with Gasteiger partial charge in [0.25, 0.3) is 5.56 Å². The normalized spacial score (nSPS) is 14.1. The van der Waals surface area contributed by atoms with Crippen molar-refractivity contribution in [3.63, 3.8) is 0 Å². The molecular formula is C11H9N3O. The zero-order valence-electron chi connectivity index (χ0n) is 8.27. The van der Waals surface area contributed by atoms with E-state index < -0.39 is 0 Å². The summed E-state index contributed by atoms with van der Waals surface area (Å²) < 4.78 is 1.40. The number of aromatic nitrogens is 2. The number of rotatable bonds is 0. The van der Waals surface area contributed by atoms with Gasteiger partial charge in [-0.15, -0.1) is 0 Å². The maximum Gasteiger partial charge on any atom is 0.282 e. The van der Waals surface area contributed by atoms with Gasteiger partial charge in [-0.2, -0.15) is 9.78 Å². The maximum atomic E-state index is 12.0. The van der Waals surface area contributed by atoms with Crippen LogP contribution in [0, 0.1) is 0 Å². The first-order valence-electron chi connectivity index (χ1n) is 4.81. The zero-order valence-corrected chi connectivity index (χ0v) is 8.27. The van der Waals surface area contributed by atoms with Crippen molar-refractivity contribution in [3.8, 4) is 0 Å². The SMILES string of the molecule is CC1=Nn2c(nc3ccccc3c2=O)C1. The number of benzene rings is 1. The van der Waals surface area contributed by atoms with E-state index in [4.69, 9.17) is 0 Å². The third-order valence-corrected chi connectivity index (χ3v) is 2.51. The topological polar surface area (TPSA) is 47.2 Å². The molecule has 0 saturated carbocycles. The molecule has 4 nitrogen and oxygen atoms in total. The minimum absolute atomic E-state index is 0.0764. The van der Waals surface area contributed by atoms with Crippen LogP contribution in [0.25, 0.3) is 10.9 Å². The van der Waals surface area contributed by atoms with Gasteiger partial charge >= 0.3 is 0 Å². The Labute approximate surface area is 85.9 Å². The monoisotopic (exact) mass is 199 g/mol. The van der Waals surface area contributed by atoms with E-state index in [1.54, 1.807) is 6.07 Å². The van der Waals surface area contributed by atoms with Crippen molar-refractivity contribution >= 4 is 16.6 Å². The smallest absolute Gasteiger partial charge is 0.267 e. The predicted molar refractivity (Wildman–Crippen MR) is 58.2 cm³/mol. The summed E-state index contributed by atoms with van der Waals surface area (Å²) in [5, 5.41) is 4.78. The summed E-state index contributed by atoms with van der Waals surface area (Å²) in [4.78, 5) is 16.4. The summed E-state index contributed by atoms with van der Waals surface area (Å²) in [6, 6.07) is 7.35. The molecule has 1 aliphatic heterocycles. The van der Waals surface area contributed by atoms with Crippen LogP contribution in [-0.4, -0.2) is 15.4 Å². The first-order chi connectivity index (χ1) is 7.25. The van der Waals surface area contributed by atoms with E-state index in [1.165, 1.54) is 4.68 Å². The van der Waals surface area contributed by atoms with Crippen LogP contribution in [0.3, 0.4) is 0 Å². The van der Waals surface area contributed by atoms with Crippen LogP contribution in [0.5, 0.6) is 0 Å². The highest BCUT2D eigenvalue weighted by atomic mass is 16.1. The molecule has 0 amide bonds. The van der Waals surface area contributed by atoms with Crippen LogP contribution in [0.2, 0.25) is 0 Å². The Morgan fingerprint density at radius 3 is 3.00 bits per heavy atom. The van der Waals surface area contributed by atoms with Gasteiger partial charge in [0.15, 0.2) is 0 Å². The van der Waals surface area contributed by atoms with Gasteiger partial charge in [-0.25, -0.2) is 4.98 Å². The molecule has 0 atom stereocenters. The Bertz CT molecular complexity index is 640. The summed E-state index contributed by atoms with van der Waals surface area (Å²) in [5.74, 6) is 0.733. The van der Waals surface area contributed by atoms with Gasteiger partial charge in [-0.05, 0) is 19.1 Å². The molecule has 1 aromatic carbocycles. The molecule has 0 saturated heterocycles. The van der Waals surface area contributed by atoms with Crippen molar-refractivity contribution in [2.75, 3.05) is 0 Å². The van der Waals surface area contributed by atoms with Gasteiger partial charge in [-0.1, -0.05) is 12.1 Å². The Hall–Kier alpha value is -1.97. The van der Waals surface area contributed by atoms with Crippen molar-refractivity contribution < 1.29 is 0 Å². The van der Waals surface area contributed by atoms with E-state index in [2.05, 4.69) is 10.1 Å². The van der Waals surface area contributed by atoms with E-state index in [1.807, 2.05) is 25.1 Å². The van der Waals surface area contributed by atoms with Crippen LogP contribution < -0.4 is 5.56 Å². The molecule has 0 fully saturated rings. The minimum Gasteiger partial charge on any atom is -0.267 e. The summed E-state index contributed by atoms with van der Waals surface area (Å²) in [6.45, 7) is 1.90. The van der Waals surface area contributed by atoms with E-state index in [9.17, 15) is 4.79 Å². The fourth-order valence-corrected chi connectivity index (χ4v) is 1.82. The van der Waals surface area contributed by atoms with Crippen LogP contribution in [0.15, 0.2) is 34.2 Å². The van der Waals surface area contributed by atoms with Crippen molar-refractivity contribution in [1.82, 2.24) is 9.66 Å². The number of para-hydroxylation sites is 1. The molecule has 2 heterocycles. The van der Waals surface area contributed by atoms with Gasteiger partial charge < -0.3 is 0 Å². The largest absolute Gasteiger partial charge is 0.282 e. The third-order valence-electron chi connectivity index (χ3n) is 2.51. The van der Waals surface area contributed by atoms with Gasteiger partial charge in [0.05, 0.1) is 10.9 Å². The second kappa shape index (κ2) is 2.76. The van der Waals surface area contributed by atoms with Gasteiger partial charge in [0, 0.05) is 12.1 Å². The summed E-state index contributed by atoms with van der Waals surface area (Å²) in [6.07, 6.45) is 0.667. The summed E-state index contributed by atoms with van der Waals surface area (Å²) in [7, 11) is 0. The second-order valence-electron chi connectivity index (χ2n) is 3.67. The highest BCUT2D eigenvalue weighted by Gasteiger charge is 2.16. The van der Waals surface area contributed by atoms with E-state index in [0.717, 1.165) is 17.1 Å². The van der Waals surface area contributed by atoms with Gasteiger partial charge in [0.1, 0.15) is 5.82 Å². The van der Waals surface area contributed by atoms with E-state index in [-0.39, 0.29) is 5.56 Å². The fraction of sp³-hybridized carbons (Fsp3) is 0.182. The van der Waals surface area contributed by atoms with E-state index in [0.29, 0.717) is 11.8 Å². The molecule has 2 aromatic rings. The quantitative estimate of drug-likeness (QED) is 0.639. The lowest BCUT2D eigenvalue weighted by Crippen LogP contribution is -2.18. The molecule has 74 valence electrons. The number of fused-ring (bicyclic) bond motifs is 2. The summed E-state index contributed by atoms with van der Waals surface area (Å²) >= 11 is 0. The molecule has 1 aromatic heterocycles. The lowest BCUT2D eigenvalue weighted by atomic mass is 10.2. The highest BCUT2D eigenvalue weighted by Crippen LogP contribution is 2.11. The lowest BCUT2D eigenvalue weighted by Gasteiger charge is -2.01. The average Bonchev–Trinajstić information content (AvgIpc) is 2.59. The highest BCUT2D eigenvalue weighted by molar-refractivity contribution is 5.86. The molecule has 0 aliphatic carbocycles. The number of hydrogen-bond acceptors (Lipinski definition) is 3.